The van der Waals surface area contributed by atoms with Crippen LogP contribution < -0.4 is 9.62 Å². The van der Waals surface area contributed by atoms with Gasteiger partial charge >= 0.3 is 0 Å². The molecule has 1 aliphatic rings. The molecular formula is C17H25FN2O3S2. The normalized spacial score (nSPS) is 16.6. The van der Waals surface area contributed by atoms with E-state index in [1.165, 1.54) is 56.9 Å². The Bertz CT molecular complexity index is 674. The third kappa shape index (κ3) is 5.88. The summed E-state index contributed by atoms with van der Waals surface area (Å²) in [5.74, 6) is -0.00142. The van der Waals surface area contributed by atoms with Crippen molar-refractivity contribution in [3.05, 3.63) is 30.1 Å². The van der Waals surface area contributed by atoms with Crippen molar-refractivity contribution in [1.29, 1.82) is 0 Å². The lowest BCUT2D eigenvalue weighted by molar-refractivity contribution is -0.121. The minimum Gasteiger partial charge on any atom is -0.353 e. The summed E-state index contributed by atoms with van der Waals surface area (Å²) in [6, 6.07) is 4.16. The van der Waals surface area contributed by atoms with Crippen molar-refractivity contribution in [3.63, 3.8) is 0 Å². The number of hydrogen-bond acceptors (Lipinski definition) is 4. The number of benzene rings is 1. The maximum absolute atomic E-state index is 13.1. The predicted molar refractivity (Wildman–Crippen MR) is 101 cm³/mol. The zero-order valence-electron chi connectivity index (χ0n) is 14.6. The first-order valence-corrected chi connectivity index (χ1v) is 11.3. The Morgan fingerprint density at radius 3 is 2.48 bits per heavy atom. The number of rotatable bonds is 8. The van der Waals surface area contributed by atoms with E-state index in [1.807, 2.05) is 11.8 Å². The van der Waals surface area contributed by atoms with Gasteiger partial charge in [0.2, 0.25) is 15.9 Å². The largest absolute Gasteiger partial charge is 0.353 e. The van der Waals surface area contributed by atoms with Gasteiger partial charge in [0, 0.05) is 17.5 Å². The van der Waals surface area contributed by atoms with Crippen LogP contribution in [0.15, 0.2) is 24.3 Å². The Kier molecular flexibility index (Phi) is 7.13. The number of anilines is 1. The molecule has 2 rings (SSSR count). The summed E-state index contributed by atoms with van der Waals surface area (Å²) < 4.78 is 38.3. The molecule has 0 heterocycles. The summed E-state index contributed by atoms with van der Waals surface area (Å²) >= 11 is 1.86. The SMILES string of the molecule is CC(C(=O)NCCSC1CCCC1)N(c1ccc(F)cc1)S(C)(=O)=O. The molecule has 0 saturated heterocycles. The molecule has 5 nitrogen and oxygen atoms in total. The second-order valence-corrected chi connectivity index (χ2v) is 9.55. The lowest BCUT2D eigenvalue weighted by Gasteiger charge is -2.28. The molecule has 0 bridgehead atoms. The van der Waals surface area contributed by atoms with Crippen LogP contribution in [-0.4, -0.2) is 44.2 Å². The number of nitrogens with one attached hydrogen (secondary N) is 1. The van der Waals surface area contributed by atoms with Crippen LogP contribution in [0.1, 0.15) is 32.6 Å². The van der Waals surface area contributed by atoms with Gasteiger partial charge < -0.3 is 5.32 Å². The van der Waals surface area contributed by atoms with Crippen LogP contribution in [0.3, 0.4) is 0 Å². The Labute approximate surface area is 153 Å². The Morgan fingerprint density at radius 1 is 1.32 bits per heavy atom. The van der Waals surface area contributed by atoms with E-state index in [0.29, 0.717) is 11.8 Å². The van der Waals surface area contributed by atoms with Gasteiger partial charge in [0.25, 0.3) is 0 Å². The van der Waals surface area contributed by atoms with Crippen molar-refractivity contribution in [2.75, 3.05) is 22.9 Å². The van der Waals surface area contributed by atoms with E-state index in [1.54, 1.807) is 0 Å². The molecule has 140 valence electrons. The molecule has 25 heavy (non-hydrogen) atoms. The van der Waals surface area contributed by atoms with Crippen LogP contribution in [0.4, 0.5) is 10.1 Å². The molecule has 1 aliphatic carbocycles. The number of halogens is 1. The first-order valence-electron chi connectivity index (χ1n) is 8.43. The number of carbonyl (C=O) groups is 1. The lowest BCUT2D eigenvalue weighted by Crippen LogP contribution is -2.48. The molecule has 1 saturated carbocycles. The van der Waals surface area contributed by atoms with Crippen LogP contribution in [-0.2, 0) is 14.8 Å². The molecule has 1 amide bonds. The first-order chi connectivity index (χ1) is 11.8. The third-order valence-electron chi connectivity index (χ3n) is 4.23. The summed E-state index contributed by atoms with van der Waals surface area (Å²) in [6.07, 6.45) is 6.07. The number of carbonyl (C=O) groups excluding carboxylic acids is 1. The predicted octanol–water partition coefficient (Wildman–Crippen LogP) is 2.77. The zero-order chi connectivity index (χ0) is 18.4. The van der Waals surface area contributed by atoms with Gasteiger partial charge in [-0.15, -0.1) is 0 Å². The number of sulfonamides is 1. The fourth-order valence-corrected chi connectivity index (χ4v) is 5.39. The van der Waals surface area contributed by atoms with E-state index in [0.717, 1.165) is 16.3 Å². The van der Waals surface area contributed by atoms with Gasteiger partial charge in [0.05, 0.1) is 11.9 Å². The Balaban J connectivity index is 1.94. The van der Waals surface area contributed by atoms with Crippen LogP contribution in [0.25, 0.3) is 0 Å². The Hall–Kier alpha value is -1.28. The topological polar surface area (TPSA) is 66.5 Å². The maximum atomic E-state index is 13.1. The smallest absolute Gasteiger partial charge is 0.243 e. The van der Waals surface area contributed by atoms with Gasteiger partial charge in [-0.25, -0.2) is 12.8 Å². The van der Waals surface area contributed by atoms with Gasteiger partial charge in [-0.1, -0.05) is 12.8 Å². The molecule has 1 atom stereocenters. The van der Waals surface area contributed by atoms with E-state index in [2.05, 4.69) is 5.32 Å². The highest BCUT2D eigenvalue weighted by molar-refractivity contribution is 7.99. The summed E-state index contributed by atoms with van der Waals surface area (Å²) in [4.78, 5) is 12.4. The van der Waals surface area contributed by atoms with Crippen molar-refractivity contribution in [2.45, 2.75) is 43.9 Å². The zero-order valence-corrected chi connectivity index (χ0v) is 16.2. The number of thioether (sulfide) groups is 1. The fraction of sp³-hybridized carbons (Fsp3) is 0.588. The molecule has 1 aromatic rings. The lowest BCUT2D eigenvalue weighted by atomic mass is 10.2. The summed E-state index contributed by atoms with van der Waals surface area (Å²) in [6.45, 7) is 2.04. The van der Waals surface area contributed by atoms with Crippen LogP contribution >= 0.6 is 11.8 Å². The van der Waals surface area contributed by atoms with Crippen LogP contribution in [0.2, 0.25) is 0 Å². The van der Waals surface area contributed by atoms with Crippen LogP contribution in [0, 0.1) is 5.82 Å². The Morgan fingerprint density at radius 2 is 1.92 bits per heavy atom. The maximum Gasteiger partial charge on any atom is 0.243 e. The quantitative estimate of drug-likeness (QED) is 0.696. The molecule has 1 N–H and O–H groups in total. The highest BCUT2D eigenvalue weighted by Gasteiger charge is 2.29. The average Bonchev–Trinajstić information content (AvgIpc) is 3.05. The minimum absolute atomic E-state index is 0.270. The molecule has 1 unspecified atom stereocenters. The molecule has 0 spiro atoms. The highest BCUT2D eigenvalue weighted by atomic mass is 32.2. The molecule has 0 aromatic heterocycles. The van der Waals surface area contributed by atoms with Crippen molar-refractivity contribution in [1.82, 2.24) is 5.32 Å². The molecule has 1 aromatic carbocycles. The second-order valence-electron chi connectivity index (χ2n) is 6.28. The second kappa shape index (κ2) is 8.89. The van der Waals surface area contributed by atoms with Crippen LogP contribution in [0.5, 0.6) is 0 Å². The van der Waals surface area contributed by atoms with Gasteiger partial charge in [0.1, 0.15) is 11.9 Å². The summed E-state index contributed by atoms with van der Waals surface area (Å²) in [5, 5.41) is 3.48. The molecule has 1 fully saturated rings. The van der Waals surface area contributed by atoms with E-state index in [9.17, 15) is 17.6 Å². The van der Waals surface area contributed by atoms with Crippen molar-refractivity contribution < 1.29 is 17.6 Å². The van der Waals surface area contributed by atoms with Gasteiger partial charge in [0.15, 0.2) is 0 Å². The summed E-state index contributed by atoms with van der Waals surface area (Å²) in [5.41, 5.74) is 0.270. The van der Waals surface area contributed by atoms with Crippen molar-refractivity contribution >= 4 is 33.4 Å². The monoisotopic (exact) mass is 388 g/mol. The number of nitrogens with zero attached hydrogens (tertiary/aromatic N) is 1. The van der Waals surface area contributed by atoms with E-state index in [-0.39, 0.29) is 11.6 Å². The third-order valence-corrected chi connectivity index (χ3v) is 6.85. The van der Waals surface area contributed by atoms with Gasteiger partial charge in [-0.3, -0.25) is 9.10 Å². The number of hydrogen-bond donors (Lipinski definition) is 1. The van der Waals surface area contributed by atoms with E-state index >= 15 is 0 Å². The summed E-state index contributed by atoms with van der Waals surface area (Å²) in [7, 11) is -3.67. The minimum atomic E-state index is -3.67. The molecular weight excluding hydrogens is 363 g/mol. The number of amides is 1. The molecule has 8 heteroatoms. The van der Waals surface area contributed by atoms with Crippen molar-refractivity contribution in [3.8, 4) is 0 Å². The van der Waals surface area contributed by atoms with E-state index < -0.39 is 21.9 Å². The van der Waals surface area contributed by atoms with E-state index in [4.69, 9.17) is 0 Å². The molecule has 0 aliphatic heterocycles. The first kappa shape index (κ1) is 20.0. The standard InChI is InChI=1S/C17H25FN2O3S2/c1-13(17(21)19-11-12-24-16-5-3-4-6-16)20(25(2,22)23)15-9-7-14(18)8-10-15/h7-10,13,16H,3-6,11-12H2,1-2H3,(H,19,21). The average molecular weight is 389 g/mol. The highest BCUT2D eigenvalue weighted by Crippen LogP contribution is 2.29. The van der Waals surface area contributed by atoms with Crippen molar-refractivity contribution in [2.24, 2.45) is 0 Å². The van der Waals surface area contributed by atoms with Gasteiger partial charge in [-0.05, 0) is 44.0 Å². The molecule has 0 radical (unpaired) electrons. The van der Waals surface area contributed by atoms with Gasteiger partial charge in [-0.2, -0.15) is 11.8 Å². The fourth-order valence-electron chi connectivity index (χ4n) is 3.00.